The topological polar surface area (TPSA) is 70.8 Å². The minimum Gasteiger partial charge on any atom is -0.380 e. The summed E-state index contributed by atoms with van der Waals surface area (Å²) in [6, 6.07) is 16.1. The van der Waals surface area contributed by atoms with Gasteiger partial charge in [0.15, 0.2) is 5.04 Å². The molecule has 3 aromatic rings. The van der Waals surface area contributed by atoms with Crippen molar-refractivity contribution in [1.82, 2.24) is 14.9 Å². The number of para-hydroxylation sites is 1. The van der Waals surface area contributed by atoms with E-state index >= 15 is 0 Å². The summed E-state index contributed by atoms with van der Waals surface area (Å²) in [7, 11) is 0. The number of aliphatic imine (C=N–C) groups is 1. The number of rotatable bonds is 5. The van der Waals surface area contributed by atoms with Crippen LogP contribution in [0.5, 0.6) is 0 Å². The molecule has 1 fully saturated rings. The van der Waals surface area contributed by atoms with E-state index in [1.165, 1.54) is 0 Å². The molecule has 1 aliphatic heterocycles. The molecule has 162 valence electrons. The number of halogens is 1. The van der Waals surface area contributed by atoms with Crippen LogP contribution in [0.3, 0.4) is 0 Å². The molecule has 2 aliphatic rings. The lowest BCUT2D eigenvalue weighted by molar-refractivity contribution is -0.115. The first-order chi connectivity index (χ1) is 15.7. The number of amides is 1. The Bertz CT molecular complexity index is 1250. The number of hydrogen-bond acceptors (Lipinski definition) is 5. The number of fused-ring (bicyclic) bond motifs is 1. The van der Waals surface area contributed by atoms with Crippen molar-refractivity contribution in [2.24, 2.45) is 4.99 Å². The van der Waals surface area contributed by atoms with Crippen LogP contribution in [-0.4, -0.2) is 32.6 Å². The smallest absolute Gasteiger partial charge is 0.277 e. The summed E-state index contributed by atoms with van der Waals surface area (Å²) in [5.74, 6) is -0.213. The SMILES string of the molecule is O=C(NC1CCCCC1Nc1ccccc1)C1=NC(c2cnn3ccccc23)=C=C(Cl)S1. The van der Waals surface area contributed by atoms with Gasteiger partial charge in [-0.1, -0.05) is 54.4 Å². The quantitative estimate of drug-likeness (QED) is 0.520. The lowest BCUT2D eigenvalue weighted by atomic mass is 9.90. The van der Waals surface area contributed by atoms with Crippen molar-refractivity contribution in [3.8, 4) is 0 Å². The highest BCUT2D eigenvalue weighted by Crippen LogP contribution is 2.32. The monoisotopic (exact) mass is 463 g/mol. The average molecular weight is 464 g/mol. The molecular formula is C24H22ClN5OS. The third-order valence-corrected chi connectivity index (χ3v) is 6.78. The van der Waals surface area contributed by atoms with Gasteiger partial charge in [-0.05, 0) is 48.9 Å². The Morgan fingerprint density at radius 1 is 1.09 bits per heavy atom. The van der Waals surface area contributed by atoms with Gasteiger partial charge in [-0.3, -0.25) is 4.79 Å². The van der Waals surface area contributed by atoms with E-state index in [2.05, 4.69) is 26.5 Å². The molecule has 0 spiro atoms. The number of aromatic nitrogens is 2. The molecule has 5 rings (SSSR count). The highest BCUT2D eigenvalue weighted by atomic mass is 35.5. The number of thioether (sulfide) groups is 1. The molecule has 1 aliphatic carbocycles. The van der Waals surface area contributed by atoms with E-state index in [0.29, 0.717) is 15.1 Å². The number of benzene rings is 1. The first-order valence-corrected chi connectivity index (χ1v) is 11.8. The predicted octanol–water partition coefficient (Wildman–Crippen LogP) is 5.04. The van der Waals surface area contributed by atoms with Crippen LogP contribution in [0.4, 0.5) is 5.69 Å². The van der Waals surface area contributed by atoms with Gasteiger partial charge in [0.1, 0.15) is 10.1 Å². The second-order valence-corrected chi connectivity index (χ2v) is 9.44. The Labute approximate surface area is 195 Å². The van der Waals surface area contributed by atoms with E-state index in [-0.39, 0.29) is 18.0 Å². The minimum atomic E-state index is -0.213. The standard InChI is InChI=1S/C24H22ClN5OS/c25-22-14-20(17-15-26-30-13-7-6-12-21(17)30)29-24(32-22)23(31)28-19-11-5-4-10-18(19)27-16-8-2-1-3-9-16/h1-3,6-9,12-13,15,18-19,27H,4-5,10-11H2,(H,28,31). The van der Waals surface area contributed by atoms with Crippen molar-refractivity contribution >= 4 is 51.2 Å². The zero-order chi connectivity index (χ0) is 21.9. The minimum absolute atomic E-state index is 0.0221. The lowest BCUT2D eigenvalue weighted by Gasteiger charge is -2.33. The van der Waals surface area contributed by atoms with Crippen LogP contribution in [0.1, 0.15) is 31.2 Å². The van der Waals surface area contributed by atoms with Crippen LogP contribution >= 0.6 is 23.4 Å². The van der Waals surface area contributed by atoms with E-state index < -0.39 is 0 Å². The van der Waals surface area contributed by atoms with Crippen LogP contribution in [0, 0.1) is 0 Å². The molecule has 2 N–H and O–H groups in total. The fourth-order valence-electron chi connectivity index (χ4n) is 4.15. The first kappa shape index (κ1) is 20.9. The molecule has 8 heteroatoms. The van der Waals surface area contributed by atoms with E-state index in [9.17, 15) is 4.79 Å². The van der Waals surface area contributed by atoms with Gasteiger partial charge in [-0.25, -0.2) is 9.51 Å². The van der Waals surface area contributed by atoms with Crippen LogP contribution in [0.15, 0.2) is 76.0 Å². The Hall–Kier alpha value is -2.99. The summed E-state index contributed by atoms with van der Waals surface area (Å²) in [5, 5.41) is 11.4. The third-order valence-electron chi connectivity index (χ3n) is 5.70. The average Bonchev–Trinajstić information content (AvgIpc) is 3.25. The number of carbonyl (C=O) groups excluding carboxylic acids is 1. The molecule has 0 radical (unpaired) electrons. The Balaban J connectivity index is 1.35. The lowest BCUT2D eigenvalue weighted by Crippen LogP contribution is -2.50. The zero-order valence-corrected chi connectivity index (χ0v) is 18.9. The summed E-state index contributed by atoms with van der Waals surface area (Å²) in [6.07, 6.45) is 7.75. The fraction of sp³-hybridized carbons (Fsp3) is 0.250. The van der Waals surface area contributed by atoms with Crippen molar-refractivity contribution in [2.45, 2.75) is 37.8 Å². The maximum Gasteiger partial charge on any atom is 0.277 e. The zero-order valence-electron chi connectivity index (χ0n) is 17.3. The normalized spacial score (nSPS) is 20.8. The highest BCUT2D eigenvalue weighted by molar-refractivity contribution is 8.20. The van der Waals surface area contributed by atoms with Crippen LogP contribution in [0.2, 0.25) is 0 Å². The predicted molar refractivity (Wildman–Crippen MR) is 131 cm³/mol. The number of anilines is 1. The van der Waals surface area contributed by atoms with Crippen molar-refractivity contribution in [3.05, 3.63) is 76.6 Å². The van der Waals surface area contributed by atoms with Crippen molar-refractivity contribution in [3.63, 3.8) is 0 Å². The van der Waals surface area contributed by atoms with E-state index in [1.807, 2.05) is 54.7 Å². The Kier molecular flexibility index (Phi) is 6.04. The van der Waals surface area contributed by atoms with Crippen LogP contribution in [0.25, 0.3) is 11.2 Å². The fourth-order valence-corrected chi connectivity index (χ4v) is 5.07. The third kappa shape index (κ3) is 4.46. The van der Waals surface area contributed by atoms with Gasteiger partial charge in [0.25, 0.3) is 5.91 Å². The summed E-state index contributed by atoms with van der Waals surface area (Å²) in [4.78, 5) is 17.8. The summed E-state index contributed by atoms with van der Waals surface area (Å²) in [5.41, 5.74) is 6.32. The number of carbonyl (C=O) groups is 1. The van der Waals surface area contributed by atoms with Crippen LogP contribution < -0.4 is 10.6 Å². The summed E-state index contributed by atoms with van der Waals surface area (Å²) < 4.78 is 2.15. The molecule has 0 bridgehead atoms. The number of nitrogens with zero attached hydrogens (tertiary/aromatic N) is 3. The van der Waals surface area contributed by atoms with Crippen molar-refractivity contribution in [1.29, 1.82) is 0 Å². The molecule has 2 atom stereocenters. The maximum absolute atomic E-state index is 13.2. The van der Waals surface area contributed by atoms with E-state index in [1.54, 1.807) is 10.7 Å². The molecule has 1 amide bonds. The number of pyridine rings is 1. The van der Waals surface area contributed by atoms with Crippen molar-refractivity contribution in [2.75, 3.05) is 5.32 Å². The second kappa shape index (κ2) is 9.25. The van der Waals surface area contributed by atoms with E-state index in [0.717, 1.165) is 54.2 Å². The van der Waals surface area contributed by atoms with Gasteiger partial charge in [0.2, 0.25) is 0 Å². The Morgan fingerprint density at radius 3 is 2.72 bits per heavy atom. The first-order valence-electron chi connectivity index (χ1n) is 10.7. The molecule has 6 nitrogen and oxygen atoms in total. The highest BCUT2D eigenvalue weighted by Gasteiger charge is 2.29. The molecule has 1 saturated carbocycles. The summed E-state index contributed by atoms with van der Waals surface area (Å²) in [6.45, 7) is 0. The van der Waals surface area contributed by atoms with Gasteiger partial charge in [0, 0.05) is 24.0 Å². The number of nitrogens with one attached hydrogen (secondary N) is 2. The molecule has 2 aromatic heterocycles. The summed E-state index contributed by atoms with van der Waals surface area (Å²) >= 11 is 7.48. The maximum atomic E-state index is 13.2. The van der Waals surface area contributed by atoms with Gasteiger partial charge in [-0.2, -0.15) is 5.10 Å². The second-order valence-electron chi connectivity index (χ2n) is 7.84. The molecule has 32 heavy (non-hydrogen) atoms. The molecule has 1 aromatic carbocycles. The van der Waals surface area contributed by atoms with Gasteiger partial charge >= 0.3 is 0 Å². The van der Waals surface area contributed by atoms with Gasteiger partial charge in [0.05, 0.1) is 17.3 Å². The molecule has 2 unspecified atom stereocenters. The molecule has 3 heterocycles. The molecule has 0 saturated heterocycles. The largest absolute Gasteiger partial charge is 0.380 e. The van der Waals surface area contributed by atoms with E-state index in [4.69, 9.17) is 11.6 Å². The van der Waals surface area contributed by atoms with Crippen molar-refractivity contribution < 1.29 is 4.79 Å². The van der Waals surface area contributed by atoms with Gasteiger partial charge < -0.3 is 10.6 Å². The molecular weight excluding hydrogens is 442 g/mol. The number of hydrogen-bond donors (Lipinski definition) is 2. The van der Waals surface area contributed by atoms with Gasteiger partial charge in [-0.15, -0.1) is 0 Å². The Morgan fingerprint density at radius 2 is 1.88 bits per heavy atom. The van der Waals surface area contributed by atoms with Crippen LogP contribution in [-0.2, 0) is 4.79 Å².